The lowest BCUT2D eigenvalue weighted by atomic mass is 9.95. The molecule has 0 aliphatic heterocycles. The fourth-order valence-corrected chi connectivity index (χ4v) is 2.23. The van der Waals surface area contributed by atoms with E-state index >= 15 is 0 Å². The Bertz CT molecular complexity index is 352. The van der Waals surface area contributed by atoms with Crippen molar-refractivity contribution in [3.63, 3.8) is 0 Å². The zero-order valence-corrected chi connectivity index (χ0v) is 12.6. The van der Waals surface area contributed by atoms with Gasteiger partial charge in [-0.15, -0.1) is 0 Å². The molecule has 0 saturated carbocycles. The van der Waals surface area contributed by atoms with Gasteiger partial charge in [0, 0.05) is 25.8 Å². The molecule has 0 aliphatic carbocycles. The smallest absolute Gasteiger partial charge is 0.0409 e. The molecule has 2 nitrogen and oxygen atoms in total. The van der Waals surface area contributed by atoms with Crippen molar-refractivity contribution in [3.05, 3.63) is 29.8 Å². The molecule has 2 heteroatoms. The van der Waals surface area contributed by atoms with E-state index in [4.69, 9.17) is 0 Å². The highest BCUT2D eigenvalue weighted by atomic mass is 15.1. The lowest BCUT2D eigenvalue weighted by Crippen LogP contribution is -2.30. The first kappa shape index (κ1) is 15.0. The molecular weight excluding hydrogens is 220 g/mol. The normalized spacial score (nSPS) is 11.6. The highest BCUT2D eigenvalue weighted by molar-refractivity contribution is 5.53. The van der Waals surface area contributed by atoms with Crippen molar-refractivity contribution in [3.8, 4) is 0 Å². The van der Waals surface area contributed by atoms with Crippen molar-refractivity contribution in [2.75, 3.05) is 25.0 Å². The van der Waals surface area contributed by atoms with E-state index in [0.717, 1.165) is 19.6 Å². The quantitative estimate of drug-likeness (QED) is 0.773. The van der Waals surface area contributed by atoms with Gasteiger partial charge in [-0.25, -0.2) is 0 Å². The van der Waals surface area contributed by atoms with Crippen LogP contribution in [0.15, 0.2) is 24.3 Å². The Kier molecular flexibility index (Phi) is 5.67. The van der Waals surface area contributed by atoms with Gasteiger partial charge in [-0.05, 0) is 30.0 Å². The van der Waals surface area contributed by atoms with E-state index in [1.165, 1.54) is 17.7 Å². The summed E-state index contributed by atoms with van der Waals surface area (Å²) in [5, 5.41) is 3.48. The van der Waals surface area contributed by atoms with Crippen LogP contribution >= 0.6 is 0 Å². The van der Waals surface area contributed by atoms with Gasteiger partial charge in [-0.3, -0.25) is 0 Å². The van der Waals surface area contributed by atoms with Gasteiger partial charge in [0.15, 0.2) is 0 Å². The van der Waals surface area contributed by atoms with Crippen LogP contribution in [0.2, 0.25) is 0 Å². The highest BCUT2D eigenvalue weighted by Gasteiger charge is 2.15. The lowest BCUT2D eigenvalue weighted by molar-refractivity contribution is 0.418. The first-order valence-electron chi connectivity index (χ1n) is 6.94. The van der Waals surface area contributed by atoms with Crippen LogP contribution in [0.4, 0.5) is 5.69 Å². The van der Waals surface area contributed by atoms with E-state index in [-0.39, 0.29) is 0 Å². The minimum Gasteiger partial charge on any atom is -0.374 e. The van der Waals surface area contributed by atoms with E-state index in [1.54, 1.807) is 0 Å². The van der Waals surface area contributed by atoms with E-state index in [9.17, 15) is 0 Å². The van der Waals surface area contributed by atoms with Gasteiger partial charge in [-0.2, -0.15) is 0 Å². The Morgan fingerprint density at radius 3 is 2.44 bits per heavy atom. The van der Waals surface area contributed by atoms with E-state index < -0.39 is 0 Å². The maximum absolute atomic E-state index is 3.48. The molecule has 0 saturated heterocycles. The molecule has 102 valence electrons. The summed E-state index contributed by atoms with van der Waals surface area (Å²) in [6, 6.07) is 8.68. The molecule has 0 radical (unpaired) electrons. The van der Waals surface area contributed by atoms with Crippen LogP contribution in [0.25, 0.3) is 0 Å². The maximum Gasteiger partial charge on any atom is 0.0409 e. The minimum atomic E-state index is 0.318. The predicted octanol–water partition coefficient (Wildman–Crippen LogP) is 3.67. The van der Waals surface area contributed by atoms with Crippen LogP contribution in [0.5, 0.6) is 0 Å². The molecule has 0 bridgehead atoms. The van der Waals surface area contributed by atoms with Gasteiger partial charge in [0.2, 0.25) is 0 Å². The highest BCUT2D eigenvalue weighted by Crippen LogP contribution is 2.23. The summed E-state index contributed by atoms with van der Waals surface area (Å²) in [5.74, 6) is 0. The monoisotopic (exact) mass is 248 g/mol. The SMILES string of the molecule is CCCNCc1ccccc1N(C)CC(C)(C)C. The Morgan fingerprint density at radius 1 is 1.17 bits per heavy atom. The molecule has 18 heavy (non-hydrogen) atoms. The Balaban J connectivity index is 2.74. The second-order valence-corrected chi connectivity index (χ2v) is 6.22. The van der Waals surface area contributed by atoms with Crippen molar-refractivity contribution < 1.29 is 0 Å². The first-order valence-corrected chi connectivity index (χ1v) is 6.94. The molecule has 0 aromatic heterocycles. The van der Waals surface area contributed by atoms with Crippen LogP contribution in [0.1, 0.15) is 39.7 Å². The average molecular weight is 248 g/mol. The lowest BCUT2D eigenvalue weighted by Gasteiger charge is -2.30. The topological polar surface area (TPSA) is 15.3 Å². The number of rotatable bonds is 6. The summed E-state index contributed by atoms with van der Waals surface area (Å²) in [5.41, 5.74) is 3.05. The fourth-order valence-electron chi connectivity index (χ4n) is 2.23. The van der Waals surface area contributed by atoms with Crippen LogP contribution in [-0.2, 0) is 6.54 Å². The Hall–Kier alpha value is -1.02. The second kappa shape index (κ2) is 6.79. The largest absolute Gasteiger partial charge is 0.374 e. The molecule has 0 aliphatic rings. The van der Waals surface area contributed by atoms with Crippen LogP contribution < -0.4 is 10.2 Å². The van der Waals surface area contributed by atoms with Gasteiger partial charge in [-0.1, -0.05) is 45.9 Å². The predicted molar refractivity (Wildman–Crippen MR) is 81.2 cm³/mol. The third-order valence-corrected chi connectivity index (χ3v) is 2.86. The van der Waals surface area contributed by atoms with Crippen LogP contribution in [0, 0.1) is 5.41 Å². The average Bonchev–Trinajstić information content (AvgIpc) is 2.27. The molecule has 0 unspecified atom stereocenters. The Labute approximate surface area is 112 Å². The third-order valence-electron chi connectivity index (χ3n) is 2.86. The molecule has 1 N–H and O–H groups in total. The zero-order valence-electron chi connectivity index (χ0n) is 12.6. The van der Waals surface area contributed by atoms with Gasteiger partial charge in [0.1, 0.15) is 0 Å². The molecule has 1 rings (SSSR count). The summed E-state index contributed by atoms with van der Waals surface area (Å²) in [7, 11) is 2.18. The zero-order chi connectivity index (χ0) is 13.6. The molecule has 1 aromatic rings. The van der Waals surface area contributed by atoms with Gasteiger partial charge in [0.05, 0.1) is 0 Å². The number of para-hydroxylation sites is 1. The number of nitrogens with one attached hydrogen (secondary N) is 1. The second-order valence-electron chi connectivity index (χ2n) is 6.22. The maximum atomic E-state index is 3.48. The standard InChI is InChI=1S/C16H28N2/c1-6-11-17-12-14-9-7-8-10-15(14)18(5)13-16(2,3)4/h7-10,17H,6,11-13H2,1-5H3. The summed E-state index contributed by atoms with van der Waals surface area (Å²) in [6.07, 6.45) is 1.18. The molecule has 0 spiro atoms. The fraction of sp³-hybridized carbons (Fsp3) is 0.625. The summed E-state index contributed by atoms with van der Waals surface area (Å²) >= 11 is 0. The molecule has 1 aromatic carbocycles. The van der Waals surface area contributed by atoms with Crippen LogP contribution in [-0.4, -0.2) is 20.1 Å². The van der Waals surface area contributed by atoms with E-state index in [0.29, 0.717) is 5.41 Å². The molecule has 0 fully saturated rings. The number of hydrogen-bond acceptors (Lipinski definition) is 2. The molecule has 0 atom stereocenters. The van der Waals surface area contributed by atoms with Crippen molar-refractivity contribution >= 4 is 5.69 Å². The van der Waals surface area contributed by atoms with Crippen molar-refractivity contribution in [2.45, 2.75) is 40.7 Å². The van der Waals surface area contributed by atoms with Crippen molar-refractivity contribution in [1.82, 2.24) is 5.32 Å². The number of hydrogen-bond donors (Lipinski definition) is 1. The summed E-state index contributed by atoms with van der Waals surface area (Å²) < 4.78 is 0. The number of benzene rings is 1. The summed E-state index contributed by atoms with van der Waals surface area (Å²) in [4.78, 5) is 2.36. The van der Waals surface area contributed by atoms with Crippen molar-refractivity contribution in [2.24, 2.45) is 5.41 Å². The van der Waals surface area contributed by atoms with Gasteiger partial charge >= 0.3 is 0 Å². The van der Waals surface area contributed by atoms with E-state index in [1.807, 2.05) is 0 Å². The minimum absolute atomic E-state index is 0.318. The number of nitrogens with zero attached hydrogens (tertiary/aromatic N) is 1. The van der Waals surface area contributed by atoms with Crippen LogP contribution in [0.3, 0.4) is 0 Å². The Morgan fingerprint density at radius 2 is 1.83 bits per heavy atom. The molecule has 0 heterocycles. The van der Waals surface area contributed by atoms with Gasteiger partial charge < -0.3 is 10.2 Å². The molecular formula is C16H28N2. The number of anilines is 1. The summed E-state index contributed by atoms with van der Waals surface area (Å²) in [6.45, 7) is 12.1. The van der Waals surface area contributed by atoms with Crippen molar-refractivity contribution in [1.29, 1.82) is 0 Å². The van der Waals surface area contributed by atoms with Gasteiger partial charge in [0.25, 0.3) is 0 Å². The first-order chi connectivity index (χ1) is 8.44. The third kappa shape index (κ3) is 5.09. The molecule has 0 amide bonds. The van der Waals surface area contributed by atoms with E-state index in [2.05, 4.69) is 69.2 Å².